The van der Waals surface area contributed by atoms with Crippen LogP contribution in [0.25, 0.3) is 11.0 Å². The predicted molar refractivity (Wildman–Crippen MR) is 75.5 cm³/mol. The van der Waals surface area contributed by atoms with Gasteiger partial charge < -0.3 is 5.32 Å². The van der Waals surface area contributed by atoms with Gasteiger partial charge in [-0.15, -0.1) is 11.3 Å². The number of hydrogen-bond donors (Lipinski definition) is 3. The number of aromatic nitrogens is 4. The minimum absolute atomic E-state index is 0.142. The predicted octanol–water partition coefficient (Wildman–Crippen LogP) is 2.27. The van der Waals surface area contributed by atoms with Gasteiger partial charge in [0.2, 0.25) is 5.95 Å². The fourth-order valence-electron chi connectivity index (χ4n) is 1.94. The van der Waals surface area contributed by atoms with Crippen LogP contribution in [0, 0.1) is 0 Å². The van der Waals surface area contributed by atoms with Crippen molar-refractivity contribution in [1.29, 1.82) is 0 Å². The quantitative estimate of drug-likeness (QED) is 0.681. The Bertz CT molecular complexity index is 730. The summed E-state index contributed by atoms with van der Waals surface area (Å²) in [6.07, 6.45) is 2.38. The molecule has 7 heteroatoms. The van der Waals surface area contributed by atoms with E-state index in [0.717, 1.165) is 6.42 Å². The molecule has 3 heterocycles. The highest BCUT2D eigenvalue weighted by Crippen LogP contribution is 2.24. The van der Waals surface area contributed by atoms with E-state index in [1.165, 1.54) is 11.1 Å². The lowest BCUT2D eigenvalue weighted by Gasteiger charge is -2.15. The summed E-state index contributed by atoms with van der Waals surface area (Å²) in [5, 5.41) is 12.3. The van der Waals surface area contributed by atoms with E-state index in [0.29, 0.717) is 17.0 Å². The maximum atomic E-state index is 11.8. The number of nitrogens with zero attached hydrogens (tertiary/aromatic N) is 2. The first kappa shape index (κ1) is 11.9. The zero-order valence-electron chi connectivity index (χ0n) is 10.3. The maximum Gasteiger partial charge on any atom is 0.263 e. The zero-order chi connectivity index (χ0) is 13.2. The summed E-state index contributed by atoms with van der Waals surface area (Å²) in [7, 11) is 0. The van der Waals surface area contributed by atoms with Crippen LogP contribution in [-0.4, -0.2) is 20.2 Å². The fraction of sp³-hybridized carbons (Fsp3) is 0.250. The van der Waals surface area contributed by atoms with Crippen LogP contribution < -0.4 is 10.9 Å². The fourth-order valence-corrected chi connectivity index (χ4v) is 2.80. The highest BCUT2D eigenvalue weighted by atomic mass is 32.1. The molecule has 0 saturated heterocycles. The number of anilines is 1. The molecule has 0 aliphatic carbocycles. The Morgan fingerprint density at radius 1 is 1.53 bits per heavy atom. The summed E-state index contributed by atoms with van der Waals surface area (Å²) in [4.78, 5) is 20.1. The van der Waals surface area contributed by atoms with E-state index in [-0.39, 0.29) is 11.6 Å². The first-order chi connectivity index (χ1) is 9.28. The number of nitrogens with one attached hydrogen (secondary N) is 3. The molecule has 3 aromatic heterocycles. The van der Waals surface area contributed by atoms with Crippen LogP contribution >= 0.6 is 11.3 Å². The molecule has 0 bridgehead atoms. The van der Waals surface area contributed by atoms with Gasteiger partial charge >= 0.3 is 0 Å². The van der Waals surface area contributed by atoms with Crippen molar-refractivity contribution >= 4 is 28.3 Å². The molecule has 3 rings (SSSR count). The third kappa shape index (κ3) is 2.24. The molecule has 0 aromatic carbocycles. The van der Waals surface area contributed by atoms with Crippen molar-refractivity contribution in [3.05, 3.63) is 38.9 Å². The summed E-state index contributed by atoms with van der Waals surface area (Å²) in [5.74, 6) is 0.460. The van der Waals surface area contributed by atoms with Crippen molar-refractivity contribution in [1.82, 2.24) is 20.2 Å². The molecule has 0 unspecified atom stereocenters. The third-order valence-electron chi connectivity index (χ3n) is 2.93. The molecule has 0 fully saturated rings. The molecule has 0 amide bonds. The van der Waals surface area contributed by atoms with E-state index in [2.05, 4.69) is 38.5 Å². The lowest BCUT2D eigenvalue weighted by Crippen LogP contribution is -2.16. The summed E-state index contributed by atoms with van der Waals surface area (Å²) < 4.78 is 0. The van der Waals surface area contributed by atoms with Crippen molar-refractivity contribution in [3.63, 3.8) is 0 Å². The Kier molecular flexibility index (Phi) is 3.04. The molecular weight excluding hydrogens is 262 g/mol. The SMILES string of the molecule is CC[C@H](Nc1nc2[nH]ncc2c(=O)[nH]1)c1cccs1. The third-order valence-corrected chi connectivity index (χ3v) is 3.91. The standard InChI is InChI=1S/C12H13N5OS/c1-2-8(9-4-3-5-19-9)14-12-15-10-7(6-13-17-10)11(18)16-12/h3-6,8H,2H2,1H3,(H3,13,14,15,16,17,18)/t8-/m0/s1. The van der Waals surface area contributed by atoms with Crippen molar-refractivity contribution < 1.29 is 0 Å². The van der Waals surface area contributed by atoms with E-state index < -0.39 is 0 Å². The van der Waals surface area contributed by atoms with Crippen LogP contribution in [0.4, 0.5) is 5.95 Å². The average Bonchev–Trinajstić information content (AvgIpc) is 3.06. The summed E-state index contributed by atoms with van der Waals surface area (Å²) in [6, 6.07) is 4.22. The second-order valence-electron chi connectivity index (χ2n) is 4.17. The van der Waals surface area contributed by atoms with E-state index in [4.69, 9.17) is 0 Å². The highest BCUT2D eigenvalue weighted by molar-refractivity contribution is 7.10. The molecule has 3 aromatic rings. The minimum Gasteiger partial charge on any atom is -0.348 e. The van der Waals surface area contributed by atoms with Crippen LogP contribution in [0.3, 0.4) is 0 Å². The lowest BCUT2D eigenvalue weighted by molar-refractivity contribution is 0.752. The number of hydrogen-bond acceptors (Lipinski definition) is 5. The molecule has 0 radical (unpaired) electrons. The number of fused-ring (bicyclic) bond motifs is 1. The monoisotopic (exact) mass is 275 g/mol. The van der Waals surface area contributed by atoms with Crippen LogP contribution in [0.5, 0.6) is 0 Å². The molecule has 1 atom stereocenters. The summed E-state index contributed by atoms with van der Waals surface area (Å²) in [5.41, 5.74) is 0.301. The Hall–Kier alpha value is -2.15. The minimum atomic E-state index is -0.192. The van der Waals surface area contributed by atoms with Gasteiger partial charge in [-0.2, -0.15) is 10.1 Å². The normalized spacial score (nSPS) is 12.7. The summed E-state index contributed by atoms with van der Waals surface area (Å²) in [6.45, 7) is 2.09. The lowest BCUT2D eigenvalue weighted by atomic mass is 10.2. The number of aromatic amines is 2. The van der Waals surface area contributed by atoms with Gasteiger partial charge in [0.05, 0.1) is 12.2 Å². The van der Waals surface area contributed by atoms with E-state index in [1.807, 2.05) is 11.4 Å². The molecule has 0 saturated carbocycles. The molecule has 0 spiro atoms. The van der Waals surface area contributed by atoms with Crippen molar-refractivity contribution in [2.24, 2.45) is 0 Å². The Balaban J connectivity index is 1.94. The van der Waals surface area contributed by atoms with Gasteiger partial charge in [0.25, 0.3) is 5.56 Å². The Labute approximate surface area is 112 Å². The van der Waals surface area contributed by atoms with Crippen molar-refractivity contribution in [2.45, 2.75) is 19.4 Å². The van der Waals surface area contributed by atoms with E-state index in [9.17, 15) is 4.79 Å². The average molecular weight is 275 g/mol. The summed E-state index contributed by atoms with van der Waals surface area (Å²) >= 11 is 1.68. The molecule has 0 aliphatic heterocycles. The maximum absolute atomic E-state index is 11.8. The molecule has 19 heavy (non-hydrogen) atoms. The van der Waals surface area contributed by atoms with Gasteiger partial charge in [-0.3, -0.25) is 14.9 Å². The first-order valence-electron chi connectivity index (χ1n) is 6.01. The van der Waals surface area contributed by atoms with Gasteiger partial charge in [-0.1, -0.05) is 13.0 Å². The van der Waals surface area contributed by atoms with Gasteiger partial charge in [0, 0.05) is 4.88 Å². The van der Waals surface area contributed by atoms with Gasteiger partial charge in [0.1, 0.15) is 5.39 Å². The van der Waals surface area contributed by atoms with Gasteiger partial charge in [-0.25, -0.2) is 0 Å². The Morgan fingerprint density at radius 2 is 2.42 bits per heavy atom. The molecule has 3 N–H and O–H groups in total. The second-order valence-corrected chi connectivity index (χ2v) is 5.15. The topological polar surface area (TPSA) is 86.5 Å². The highest BCUT2D eigenvalue weighted by Gasteiger charge is 2.12. The number of rotatable bonds is 4. The number of thiophene rings is 1. The van der Waals surface area contributed by atoms with E-state index >= 15 is 0 Å². The van der Waals surface area contributed by atoms with Crippen LogP contribution in [0.2, 0.25) is 0 Å². The van der Waals surface area contributed by atoms with Crippen LogP contribution in [0.15, 0.2) is 28.5 Å². The molecule has 6 nitrogen and oxygen atoms in total. The van der Waals surface area contributed by atoms with Gasteiger partial charge in [-0.05, 0) is 17.9 Å². The van der Waals surface area contributed by atoms with Crippen molar-refractivity contribution in [2.75, 3.05) is 5.32 Å². The Morgan fingerprint density at radius 3 is 3.16 bits per heavy atom. The molecule has 0 aliphatic rings. The first-order valence-corrected chi connectivity index (χ1v) is 6.89. The largest absolute Gasteiger partial charge is 0.348 e. The van der Waals surface area contributed by atoms with E-state index in [1.54, 1.807) is 11.3 Å². The molecular formula is C12H13N5OS. The number of H-pyrrole nitrogens is 2. The zero-order valence-corrected chi connectivity index (χ0v) is 11.1. The van der Waals surface area contributed by atoms with Crippen molar-refractivity contribution in [3.8, 4) is 0 Å². The van der Waals surface area contributed by atoms with Gasteiger partial charge in [0.15, 0.2) is 5.65 Å². The van der Waals surface area contributed by atoms with Crippen LogP contribution in [-0.2, 0) is 0 Å². The smallest absolute Gasteiger partial charge is 0.263 e. The van der Waals surface area contributed by atoms with Crippen LogP contribution in [0.1, 0.15) is 24.3 Å². The second kappa shape index (κ2) is 4.85. The molecule has 98 valence electrons.